The molecule has 0 amide bonds. The number of anilines is 1. The fourth-order valence-electron chi connectivity index (χ4n) is 0.544. The largest absolute Gasteiger partial charge is 0.367 e. The Morgan fingerprint density at radius 1 is 1.73 bits per heavy atom. The molecule has 0 saturated carbocycles. The highest BCUT2D eigenvalue weighted by Crippen LogP contribution is 2.25. The van der Waals surface area contributed by atoms with Crippen LogP contribution in [-0.2, 0) is 0 Å². The number of rotatable bonds is 1. The highest BCUT2D eigenvalue weighted by atomic mass is 127. The monoisotopic (exact) mass is 304 g/mol. The van der Waals surface area contributed by atoms with E-state index in [4.69, 9.17) is 11.6 Å². The molecule has 0 bridgehead atoms. The average Bonchev–Trinajstić information content (AvgIpc) is 2.01. The Kier molecular flexibility index (Phi) is 3.28. The Morgan fingerprint density at radius 2 is 2.36 bits per heavy atom. The molecular weight excluding hydrogens is 300 g/mol. The summed E-state index contributed by atoms with van der Waals surface area (Å²) in [5, 5.41) is 2.61. The van der Waals surface area contributed by atoms with Gasteiger partial charge in [-0.05, 0) is 32.0 Å². The normalized spacial score (nSPS) is 9.82. The molecule has 0 aliphatic heterocycles. The van der Waals surface area contributed by atoms with Crippen molar-refractivity contribution in [3.8, 4) is 0 Å². The molecule has 0 spiro atoms. The van der Waals surface area contributed by atoms with Crippen molar-refractivity contribution in [3.63, 3.8) is 0 Å². The lowest BCUT2D eigenvalue weighted by atomic mass is 10.4. The van der Waals surface area contributed by atoms with E-state index in [0.29, 0.717) is 9.26 Å². The number of hydrogen-bond acceptors (Lipinski definition) is 2. The van der Waals surface area contributed by atoms with E-state index in [-0.39, 0.29) is 5.15 Å². The molecule has 0 saturated heterocycles. The second-order valence-electron chi connectivity index (χ2n) is 1.73. The lowest BCUT2D eigenvalue weighted by Gasteiger charge is -2.03. The summed E-state index contributed by atoms with van der Waals surface area (Å²) in [6.07, 6.45) is 1.47. The Labute approximate surface area is 84.3 Å². The van der Waals surface area contributed by atoms with Crippen LogP contribution in [0.5, 0.6) is 0 Å². The van der Waals surface area contributed by atoms with Crippen molar-refractivity contribution in [2.24, 2.45) is 0 Å². The first-order valence-corrected chi connectivity index (χ1v) is 4.66. The van der Waals surface area contributed by atoms with Gasteiger partial charge in [-0.15, -0.1) is 0 Å². The lowest BCUT2D eigenvalue weighted by molar-refractivity contribution is 0.615. The van der Waals surface area contributed by atoms with Crippen LogP contribution >= 0.6 is 43.6 Å². The van der Waals surface area contributed by atoms with Gasteiger partial charge in [-0.3, -0.25) is 0 Å². The van der Waals surface area contributed by atoms with Crippen LogP contribution in [0, 0.1) is 9.39 Å². The zero-order valence-corrected chi connectivity index (χ0v) is 9.30. The first-order valence-electron chi connectivity index (χ1n) is 2.63. The van der Waals surface area contributed by atoms with Gasteiger partial charge < -0.3 is 5.09 Å². The minimum atomic E-state index is -0.486. The maximum Gasteiger partial charge on any atom is 0.175 e. The third-order valence-corrected chi connectivity index (χ3v) is 2.70. The first-order chi connectivity index (χ1) is 5.16. The molecule has 1 aromatic rings. The quantitative estimate of drug-likeness (QED) is 0.490. The maximum atomic E-state index is 12.9. The number of nitrogens with zero attached hydrogens (tertiary/aromatic N) is 1. The molecule has 6 heteroatoms. The van der Waals surface area contributed by atoms with Crippen molar-refractivity contribution >= 4 is 49.3 Å². The van der Waals surface area contributed by atoms with Gasteiger partial charge in [0.15, 0.2) is 11.0 Å². The molecule has 0 aromatic carbocycles. The van der Waals surface area contributed by atoms with Gasteiger partial charge in [0.2, 0.25) is 0 Å². The van der Waals surface area contributed by atoms with Gasteiger partial charge in [0, 0.05) is 0 Å². The van der Waals surface area contributed by atoms with E-state index in [1.54, 1.807) is 0 Å². The molecule has 1 atom stereocenters. The summed E-state index contributed by atoms with van der Waals surface area (Å²) in [7, 11) is 2.26. The van der Waals surface area contributed by atoms with Gasteiger partial charge in [0.25, 0.3) is 0 Å². The van der Waals surface area contributed by atoms with E-state index in [2.05, 4.69) is 19.5 Å². The number of nitrogens with one attached hydrogen (secondary N) is 1. The summed E-state index contributed by atoms with van der Waals surface area (Å²) >= 11 is 7.27. The lowest BCUT2D eigenvalue weighted by Crippen LogP contribution is -1.92. The molecule has 0 aliphatic carbocycles. The van der Waals surface area contributed by atoms with Crippen LogP contribution < -0.4 is 5.09 Å². The van der Waals surface area contributed by atoms with E-state index in [1.807, 2.05) is 22.6 Å². The zero-order valence-electron chi connectivity index (χ0n) is 5.24. The van der Waals surface area contributed by atoms with Gasteiger partial charge in [-0.1, -0.05) is 11.6 Å². The number of hydrogen-bond donors (Lipinski definition) is 1. The number of halogens is 3. The number of pyridine rings is 1. The molecular formula is C5H4ClFIN2P. The van der Waals surface area contributed by atoms with Crippen molar-refractivity contribution < 1.29 is 4.39 Å². The highest BCUT2D eigenvalue weighted by Gasteiger charge is 2.09. The van der Waals surface area contributed by atoms with Crippen LogP contribution in [0.1, 0.15) is 0 Å². The minimum absolute atomic E-state index is 0.0987. The molecule has 0 radical (unpaired) electrons. The average molecular weight is 304 g/mol. The minimum Gasteiger partial charge on any atom is -0.367 e. The van der Waals surface area contributed by atoms with E-state index < -0.39 is 5.82 Å². The predicted octanol–water partition coefficient (Wildman–Crippen LogP) is 2.68. The molecule has 60 valence electrons. The van der Waals surface area contributed by atoms with E-state index in [0.717, 1.165) is 0 Å². The topological polar surface area (TPSA) is 24.9 Å². The third kappa shape index (κ3) is 1.92. The fraction of sp³-hybridized carbons (Fsp3) is 0. The molecule has 1 unspecified atom stereocenters. The number of aromatic nitrogens is 1. The predicted molar refractivity (Wildman–Crippen MR) is 55.3 cm³/mol. The summed E-state index contributed by atoms with van der Waals surface area (Å²) in [5.74, 6) is -0.486. The maximum absolute atomic E-state index is 12.9. The Hall–Kier alpha value is 0.330. The zero-order chi connectivity index (χ0) is 8.43. The first kappa shape index (κ1) is 9.42. The Balaban J connectivity index is 3.25. The molecule has 1 N–H and O–H groups in total. The highest BCUT2D eigenvalue weighted by molar-refractivity contribution is 14.1. The van der Waals surface area contributed by atoms with Crippen molar-refractivity contribution in [1.29, 1.82) is 0 Å². The van der Waals surface area contributed by atoms with Crippen molar-refractivity contribution in [2.45, 2.75) is 0 Å². The van der Waals surface area contributed by atoms with Crippen molar-refractivity contribution in [1.82, 2.24) is 4.98 Å². The van der Waals surface area contributed by atoms with Crippen LogP contribution in [0.2, 0.25) is 5.15 Å². The van der Waals surface area contributed by atoms with Crippen LogP contribution in [0.3, 0.4) is 0 Å². The summed E-state index contributed by atoms with van der Waals surface area (Å²) in [6.45, 7) is 0. The van der Waals surface area contributed by atoms with Crippen molar-refractivity contribution in [2.75, 3.05) is 5.09 Å². The van der Waals surface area contributed by atoms with Crippen LogP contribution in [-0.4, -0.2) is 4.98 Å². The van der Waals surface area contributed by atoms with Gasteiger partial charge in [-0.25, -0.2) is 9.37 Å². The fourth-order valence-corrected chi connectivity index (χ4v) is 1.91. The smallest absolute Gasteiger partial charge is 0.175 e. The molecule has 1 aromatic heterocycles. The summed E-state index contributed by atoms with van der Waals surface area (Å²) in [6, 6.07) is 0. The molecule has 0 fully saturated rings. The molecule has 1 heterocycles. The summed E-state index contributed by atoms with van der Waals surface area (Å²) in [5.41, 5.74) is 0.609. The van der Waals surface area contributed by atoms with Gasteiger partial charge in [0.1, 0.15) is 0 Å². The Bertz CT molecular complexity index is 283. The van der Waals surface area contributed by atoms with Crippen LogP contribution in [0.15, 0.2) is 6.20 Å². The third-order valence-electron chi connectivity index (χ3n) is 1.07. The summed E-state index contributed by atoms with van der Waals surface area (Å²) in [4.78, 5) is 3.62. The van der Waals surface area contributed by atoms with Gasteiger partial charge in [0.05, 0.1) is 15.5 Å². The van der Waals surface area contributed by atoms with Gasteiger partial charge in [-0.2, -0.15) is 0 Å². The van der Waals surface area contributed by atoms with Gasteiger partial charge >= 0.3 is 0 Å². The van der Waals surface area contributed by atoms with E-state index in [9.17, 15) is 4.39 Å². The summed E-state index contributed by atoms with van der Waals surface area (Å²) < 4.78 is 13.4. The second kappa shape index (κ2) is 3.83. The van der Waals surface area contributed by atoms with E-state index >= 15 is 0 Å². The standard InChI is InChI=1S/C5H4ClFIN2P/c6-5-3(7)4(8)2(10-11)1-9-5/h1,10H,11H2. The molecule has 0 aliphatic rings. The molecule has 11 heavy (non-hydrogen) atoms. The van der Waals surface area contributed by atoms with Crippen LogP contribution in [0.25, 0.3) is 0 Å². The molecule has 2 nitrogen and oxygen atoms in total. The van der Waals surface area contributed by atoms with Crippen LogP contribution in [0.4, 0.5) is 10.1 Å². The van der Waals surface area contributed by atoms with Crippen molar-refractivity contribution in [3.05, 3.63) is 20.7 Å². The Morgan fingerprint density at radius 3 is 2.91 bits per heavy atom. The second-order valence-corrected chi connectivity index (χ2v) is 3.46. The molecule has 1 rings (SSSR count). The van der Waals surface area contributed by atoms with E-state index in [1.165, 1.54) is 6.20 Å². The SMILES string of the molecule is Fc1c(Cl)ncc(NP)c1I.